The number of nitrogens with two attached hydrogens (primary N) is 1. The Morgan fingerprint density at radius 3 is 1.86 bits per heavy atom. The summed E-state index contributed by atoms with van der Waals surface area (Å²) in [6, 6.07) is 0. The average molecular weight is 265 g/mol. The number of carbonyl (C=O) groups is 1. The van der Waals surface area contributed by atoms with Gasteiger partial charge < -0.3 is 8.59 Å². The fourth-order valence-electron chi connectivity index (χ4n) is 0. The Bertz CT molecular complexity index is 57.8. The van der Waals surface area contributed by atoms with E-state index in [1.807, 2.05) is 22.6 Å². The summed E-state index contributed by atoms with van der Waals surface area (Å²) in [4.78, 5) is 9.58. The van der Waals surface area contributed by atoms with E-state index >= 15 is 0 Å². The molecule has 34 valence electrons. The minimum Gasteiger partial charge on any atom is -1.00 e. The van der Waals surface area contributed by atoms with Crippen LogP contribution in [0.15, 0.2) is 0 Å². The fourth-order valence-corrected chi connectivity index (χ4v) is 0. The molecule has 7 heavy (non-hydrogen) atoms. The average Bonchev–Trinajstić information content (AvgIpc) is 1.38. The molecule has 0 aliphatic rings. The third-order valence-electron chi connectivity index (χ3n) is 0.132. The van der Waals surface area contributed by atoms with E-state index in [1.54, 1.807) is 0 Å². The Morgan fingerprint density at radius 1 is 1.71 bits per heavy atom. The van der Waals surface area contributed by atoms with Gasteiger partial charge in [0.2, 0.25) is 5.91 Å². The Hall–Kier alpha value is 3.47. The maximum atomic E-state index is 9.58. The van der Waals surface area contributed by atoms with Crippen LogP contribution >= 0.6 is 22.6 Å². The molecule has 0 rings (SSSR count). The zero-order valence-corrected chi connectivity index (χ0v) is 13.0. The molecule has 0 heterocycles. The predicted molar refractivity (Wildman–Crippen MR) is 30.3 cm³/mol. The quantitative estimate of drug-likeness (QED) is 0.286. The number of carbonyl (C=O) groups excluding carboxylic acids is 1. The number of rotatable bonds is 1. The van der Waals surface area contributed by atoms with Gasteiger partial charge in [0.15, 0.2) is 0 Å². The largest absolute Gasteiger partial charge is 1.00 e. The molecule has 0 atom stereocenters. The van der Waals surface area contributed by atoms with E-state index in [9.17, 15) is 4.79 Å². The maximum absolute atomic E-state index is 9.58. The van der Waals surface area contributed by atoms with Gasteiger partial charge in [-0.25, -0.2) is 0 Å². The van der Waals surface area contributed by atoms with Gasteiger partial charge in [-0.3, -0.25) is 4.79 Å². The minimum atomic E-state index is -0.259. The number of halogens is 1. The second kappa shape index (κ2) is 12.2. The van der Waals surface area contributed by atoms with E-state index in [0.29, 0.717) is 4.43 Å². The molecule has 0 aliphatic heterocycles. The van der Waals surface area contributed by atoms with Crippen LogP contribution in [0.4, 0.5) is 0 Å². The first-order valence-corrected chi connectivity index (χ1v) is 2.64. The summed E-state index contributed by atoms with van der Waals surface area (Å²) in [6.07, 6.45) is 0. The van der Waals surface area contributed by atoms with Gasteiger partial charge in [-0.2, -0.15) is 0 Å². The van der Waals surface area contributed by atoms with Gasteiger partial charge in [0, 0.05) is 0 Å². The number of alkyl halides is 1. The number of primary amides is 1. The first kappa shape index (κ1) is 16.8. The van der Waals surface area contributed by atoms with Crippen LogP contribution in [0.5, 0.6) is 0 Å². The van der Waals surface area contributed by atoms with Crippen LogP contribution in [0.1, 0.15) is 2.85 Å². The fraction of sp³-hybridized carbons (Fsp3) is 0.500. The van der Waals surface area contributed by atoms with E-state index in [2.05, 4.69) is 5.73 Å². The van der Waals surface area contributed by atoms with Gasteiger partial charge in [0.25, 0.3) is 0 Å². The normalized spacial score (nSPS) is 5.29. The SMILES string of the molecule is NC(=O)CI.[H-].[H-].[K+].[K+]. The molecule has 1 amide bonds. The van der Waals surface area contributed by atoms with Crippen molar-refractivity contribution in [2.75, 3.05) is 4.43 Å². The maximum Gasteiger partial charge on any atom is 1.00 e. The van der Waals surface area contributed by atoms with Crippen molar-refractivity contribution in [1.82, 2.24) is 0 Å². The third-order valence-corrected chi connectivity index (χ3v) is 0.884. The molecular weight excluding hydrogens is 259 g/mol. The summed E-state index contributed by atoms with van der Waals surface area (Å²) in [5, 5.41) is 0. The zero-order chi connectivity index (χ0) is 4.28. The molecule has 2 nitrogen and oxygen atoms in total. The summed E-state index contributed by atoms with van der Waals surface area (Å²) in [7, 11) is 0. The number of amides is 1. The molecule has 0 aromatic heterocycles. The number of hydrogen-bond acceptors (Lipinski definition) is 1. The van der Waals surface area contributed by atoms with Crippen molar-refractivity contribution in [1.29, 1.82) is 0 Å². The molecule has 5 heteroatoms. The van der Waals surface area contributed by atoms with Crippen molar-refractivity contribution in [3.8, 4) is 0 Å². The second-order valence-corrected chi connectivity index (χ2v) is 1.36. The molecule has 0 aliphatic carbocycles. The van der Waals surface area contributed by atoms with Crippen molar-refractivity contribution in [2.24, 2.45) is 5.73 Å². The molecule has 0 aromatic carbocycles. The Kier molecular flexibility index (Phi) is 29.3. The smallest absolute Gasteiger partial charge is 1.00 e. The summed E-state index contributed by atoms with van der Waals surface area (Å²) >= 11 is 1.90. The van der Waals surface area contributed by atoms with Crippen LogP contribution in [-0.2, 0) is 4.79 Å². The summed E-state index contributed by atoms with van der Waals surface area (Å²) in [5.74, 6) is -0.259. The van der Waals surface area contributed by atoms with E-state index in [-0.39, 0.29) is 112 Å². The first-order chi connectivity index (χ1) is 2.27. The molecule has 0 saturated heterocycles. The Balaban J connectivity index is -0.0000000133. The van der Waals surface area contributed by atoms with Crippen LogP contribution in [0, 0.1) is 0 Å². The molecule has 0 fully saturated rings. The van der Waals surface area contributed by atoms with Crippen molar-refractivity contribution >= 4 is 28.5 Å². The van der Waals surface area contributed by atoms with Crippen LogP contribution in [0.3, 0.4) is 0 Å². The summed E-state index contributed by atoms with van der Waals surface area (Å²) in [5.41, 5.74) is 4.65. The molecule has 0 saturated carbocycles. The third kappa shape index (κ3) is 17.7. The molecule has 0 unspecified atom stereocenters. The van der Waals surface area contributed by atoms with Crippen molar-refractivity contribution in [3.63, 3.8) is 0 Å². The van der Waals surface area contributed by atoms with Gasteiger partial charge in [-0.1, -0.05) is 22.6 Å². The molecule has 0 aromatic rings. The standard InChI is InChI=1S/C2H4INO.2K.2H/c3-1-2(4)5;;;;/h1H2,(H2,4,5);;;;/q;2*+1;2*-1. The van der Waals surface area contributed by atoms with E-state index in [1.165, 1.54) is 0 Å². The van der Waals surface area contributed by atoms with E-state index in [0.717, 1.165) is 0 Å². The topological polar surface area (TPSA) is 43.1 Å². The number of hydrogen-bond donors (Lipinski definition) is 1. The van der Waals surface area contributed by atoms with E-state index < -0.39 is 0 Å². The molecule has 2 N–H and O–H groups in total. The second-order valence-electron chi connectivity index (χ2n) is 0.600. The monoisotopic (exact) mass is 265 g/mol. The van der Waals surface area contributed by atoms with Crippen molar-refractivity contribution in [2.45, 2.75) is 0 Å². The van der Waals surface area contributed by atoms with Crippen LogP contribution in [0.25, 0.3) is 0 Å². The molecule has 0 spiro atoms. The van der Waals surface area contributed by atoms with Crippen LogP contribution in [-0.4, -0.2) is 10.3 Å². The molecule has 0 bridgehead atoms. The van der Waals surface area contributed by atoms with Gasteiger partial charge in [0.05, 0.1) is 4.43 Å². The Morgan fingerprint density at radius 2 is 1.86 bits per heavy atom. The van der Waals surface area contributed by atoms with Gasteiger partial charge in [-0.05, 0) is 0 Å². The van der Waals surface area contributed by atoms with Gasteiger partial charge in [0.1, 0.15) is 0 Å². The van der Waals surface area contributed by atoms with Crippen LogP contribution < -0.4 is 109 Å². The van der Waals surface area contributed by atoms with Gasteiger partial charge in [-0.15, -0.1) is 0 Å². The molecule has 0 radical (unpaired) electrons. The van der Waals surface area contributed by atoms with Crippen LogP contribution in [0.2, 0.25) is 0 Å². The van der Waals surface area contributed by atoms with Gasteiger partial charge >= 0.3 is 103 Å². The van der Waals surface area contributed by atoms with Crippen molar-refractivity contribution < 1.29 is 110 Å². The summed E-state index contributed by atoms with van der Waals surface area (Å²) in [6.45, 7) is 0. The minimum absolute atomic E-state index is 0. The predicted octanol–water partition coefficient (Wildman–Crippen LogP) is -5.86. The summed E-state index contributed by atoms with van der Waals surface area (Å²) < 4.78 is 0.414. The van der Waals surface area contributed by atoms with E-state index in [4.69, 9.17) is 0 Å². The van der Waals surface area contributed by atoms with Crippen molar-refractivity contribution in [3.05, 3.63) is 0 Å². The Labute approximate surface area is 145 Å². The first-order valence-electron chi connectivity index (χ1n) is 1.11. The zero-order valence-electron chi connectivity index (χ0n) is 6.57. The molecular formula is C2H6IK2NO.